The highest BCUT2D eigenvalue weighted by Gasteiger charge is 2.27. The van der Waals surface area contributed by atoms with Crippen molar-refractivity contribution in [1.29, 1.82) is 0 Å². The van der Waals surface area contributed by atoms with Gasteiger partial charge >= 0.3 is 0 Å². The van der Waals surface area contributed by atoms with Crippen LogP contribution in [0.25, 0.3) is 0 Å². The maximum atomic E-state index is 12.2. The van der Waals surface area contributed by atoms with E-state index in [2.05, 4.69) is 10.6 Å². The van der Waals surface area contributed by atoms with Gasteiger partial charge in [0.2, 0.25) is 5.91 Å². The third kappa shape index (κ3) is 4.45. The fraction of sp³-hybridized carbons (Fsp3) is 0.529. The minimum atomic E-state index is -0.117. The van der Waals surface area contributed by atoms with Crippen LogP contribution in [0.2, 0.25) is 0 Å². The monoisotopic (exact) mass is 319 g/mol. The van der Waals surface area contributed by atoms with Gasteiger partial charge in [-0.3, -0.25) is 9.59 Å². The van der Waals surface area contributed by atoms with E-state index in [0.29, 0.717) is 5.75 Å². The van der Waals surface area contributed by atoms with Gasteiger partial charge in [0.15, 0.2) is 6.61 Å². The fourth-order valence-electron chi connectivity index (χ4n) is 2.33. The van der Waals surface area contributed by atoms with Crippen molar-refractivity contribution in [2.45, 2.75) is 19.4 Å². The Hall–Kier alpha value is -2.08. The summed E-state index contributed by atoms with van der Waals surface area (Å²) in [5.41, 5.74) is 0.905. The van der Waals surface area contributed by atoms with E-state index in [0.717, 1.165) is 25.1 Å². The van der Waals surface area contributed by atoms with E-state index in [4.69, 9.17) is 4.74 Å². The minimum absolute atomic E-state index is 0.0130. The van der Waals surface area contributed by atoms with Gasteiger partial charge in [-0.15, -0.1) is 0 Å². The number of ether oxygens (including phenoxy) is 1. The molecule has 0 spiro atoms. The molecule has 2 N–H and O–H groups in total. The lowest BCUT2D eigenvalue weighted by molar-refractivity contribution is -0.131. The molecule has 1 aliphatic rings. The standard InChI is InChI=1S/C17H25N3O3/c1-4-14(19-17(22)12-9-18-10-12)13-7-5-6-8-15(13)23-11-16(21)20(2)3/h5-8,12,14,18H,4,9-11H2,1-3H3,(H,19,22). The zero-order valence-corrected chi connectivity index (χ0v) is 14.0. The summed E-state index contributed by atoms with van der Waals surface area (Å²) in [5.74, 6) is 0.654. The molecule has 1 aromatic carbocycles. The van der Waals surface area contributed by atoms with Crippen LogP contribution in [0.4, 0.5) is 0 Å². The number of likely N-dealkylation sites (N-methyl/N-ethyl adjacent to an activating group) is 1. The summed E-state index contributed by atoms with van der Waals surface area (Å²) in [6, 6.07) is 7.42. The normalized spacial score (nSPS) is 15.4. The SMILES string of the molecule is CCC(NC(=O)C1CNC1)c1ccccc1OCC(=O)N(C)C. The Labute approximate surface area is 137 Å². The summed E-state index contributed by atoms with van der Waals surface area (Å²) >= 11 is 0. The largest absolute Gasteiger partial charge is 0.483 e. The molecule has 2 amide bonds. The molecular formula is C17H25N3O3. The second-order valence-electron chi connectivity index (χ2n) is 5.94. The second-order valence-corrected chi connectivity index (χ2v) is 5.94. The topological polar surface area (TPSA) is 70.7 Å². The number of amides is 2. The first-order chi connectivity index (χ1) is 11.0. The molecule has 0 radical (unpaired) electrons. The predicted molar refractivity (Wildman–Crippen MR) is 88.2 cm³/mol. The Morgan fingerprint density at radius 2 is 2.04 bits per heavy atom. The molecule has 1 atom stereocenters. The Morgan fingerprint density at radius 3 is 2.61 bits per heavy atom. The molecule has 0 bridgehead atoms. The van der Waals surface area contributed by atoms with Crippen molar-refractivity contribution in [3.63, 3.8) is 0 Å². The summed E-state index contributed by atoms with van der Waals surface area (Å²) in [6.07, 6.45) is 0.758. The van der Waals surface area contributed by atoms with Gasteiger partial charge < -0.3 is 20.3 Å². The predicted octanol–water partition coefficient (Wildman–Crippen LogP) is 0.940. The van der Waals surface area contributed by atoms with Crippen LogP contribution < -0.4 is 15.4 Å². The molecule has 6 heteroatoms. The number of hydrogen-bond donors (Lipinski definition) is 2. The van der Waals surface area contributed by atoms with E-state index >= 15 is 0 Å². The van der Waals surface area contributed by atoms with Gasteiger partial charge in [0.05, 0.1) is 12.0 Å². The summed E-state index contributed by atoms with van der Waals surface area (Å²) in [6.45, 7) is 3.47. The van der Waals surface area contributed by atoms with E-state index in [1.165, 1.54) is 4.90 Å². The Morgan fingerprint density at radius 1 is 1.35 bits per heavy atom. The van der Waals surface area contributed by atoms with Crippen molar-refractivity contribution in [1.82, 2.24) is 15.5 Å². The molecular weight excluding hydrogens is 294 g/mol. The van der Waals surface area contributed by atoms with E-state index in [-0.39, 0.29) is 30.4 Å². The van der Waals surface area contributed by atoms with Crippen molar-refractivity contribution in [2.24, 2.45) is 5.92 Å². The summed E-state index contributed by atoms with van der Waals surface area (Å²) < 4.78 is 5.67. The van der Waals surface area contributed by atoms with Crippen LogP contribution in [0.15, 0.2) is 24.3 Å². The van der Waals surface area contributed by atoms with Gasteiger partial charge in [0.1, 0.15) is 5.75 Å². The molecule has 1 aliphatic heterocycles. The van der Waals surface area contributed by atoms with Crippen LogP contribution in [0, 0.1) is 5.92 Å². The van der Waals surface area contributed by atoms with Crippen molar-refractivity contribution in [2.75, 3.05) is 33.8 Å². The number of rotatable bonds is 7. The van der Waals surface area contributed by atoms with Gasteiger partial charge in [0, 0.05) is 32.7 Å². The number of nitrogens with one attached hydrogen (secondary N) is 2. The zero-order valence-electron chi connectivity index (χ0n) is 14.0. The van der Waals surface area contributed by atoms with Crippen LogP contribution in [0.1, 0.15) is 24.9 Å². The van der Waals surface area contributed by atoms with E-state index < -0.39 is 0 Å². The average molecular weight is 319 g/mol. The first-order valence-corrected chi connectivity index (χ1v) is 7.95. The molecule has 1 saturated heterocycles. The molecule has 2 rings (SSSR count). The van der Waals surface area contributed by atoms with E-state index in [1.54, 1.807) is 14.1 Å². The second kappa shape index (κ2) is 7.97. The smallest absolute Gasteiger partial charge is 0.259 e. The molecule has 126 valence electrons. The number of carbonyl (C=O) groups excluding carboxylic acids is 2. The maximum absolute atomic E-state index is 12.2. The van der Waals surface area contributed by atoms with Crippen molar-refractivity contribution < 1.29 is 14.3 Å². The molecule has 0 saturated carbocycles. The van der Waals surface area contributed by atoms with Crippen molar-refractivity contribution in [3.8, 4) is 5.75 Å². The minimum Gasteiger partial charge on any atom is -0.483 e. The molecule has 1 heterocycles. The van der Waals surface area contributed by atoms with Gasteiger partial charge in [-0.1, -0.05) is 25.1 Å². The number of nitrogens with zero attached hydrogens (tertiary/aromatic N) is 1. The molecule has 6 nitrogen and oxygen atoms in total. The average Bonchev–Trinajstić information content (AvgIpc) is 2.48. The number of para-hydroxylation sites is 1. The maximum Gasteiger partial charge on any atom is 0.259 e. The lowest BCUT2D eigenvalue weighted by atomic mass is 9.99. The van der Waals surface area contributed by atoms with Gasteiger partial charge in [0.25, 0.3) is 5.91 Å². The summed E-state index contributed by atoms with van der Waals surface area (Å²) in [7, 11) is 3.39. The third-order valence-electron chi connectivity index (χ3n) is 4.02. The summed E-state index contributed by atoms with van der Waals surface area (Å²) in [5, 5.41) is 6.18. The zero-order chi connectivity index (χ0) is 16.8. The molecule has 0 aromatic heterocycles. The quantitative estimate of drug-likeness (QED) is 0.785. The molecule has 1 fully saturated rings. The third-order valence-corrected chi connectivity index (χ3v) is 4.02. The van der Waals surface area contributed by atoms with Crippen molar-refractivity contribution >= 4 is 11.8 Å². The van der Waals surface area contributed by atoms with Crippen LogP contribution in [-0.4, -0.2) is 50.5 Å². The van der Waals surface area contributed by atoms with Gasteiger partial charge in [-0.05, 0) is 12.5 Å². The Bertz CT molecular complexity index is 556. The fourth-order valence-corrected chi connectivity index (χ4v) is 2.33. The number of benzene rings is 1. The van der Waals surface area contributed by atoms with Gasteiger partial charge in [-0.25, -0.2) is 0 Å². The highest BCUT2D eigenvalue weighted by molar-refractivity contribution is 5.80. The molecule has 0 aliphatic carbocycles. The highest BCUT2D eigenvalue weighted by Crippen LogP contribution is 2.27. The lowest BCUT2D eigenvalue weighted by Crippen LogP contribution is -2.51. The first kappa shape index (κ1) is 17.3. The van der Waals surface area contributed by atoms with Crippen LogP contribution in [0.5, 0.6) is 5.75 Å². The number of hydrogen-bond acceptors (Lipinski definition) is 4. The molecule has 23 heavy (non-hydrogen) atoms. The molecule has 1 unspecified atom stereocenters. The van der Waals surface area contributed by atoms with Crippen molar-refractivity contribution in [3.05, 3.63) is 29.8 Å². The van der Waals surface area contributed by atoms with Crippen LogP contribution >= 0.6 is 0 Å². The van der Waals surface area contributed by atoms with Crippen LogP contribution in [0.3, 0.4) is 0 Å². The Balaban J connectivity index is 2.06. The van der Waals surface area contributed by atoms with Gasteiger partial charge in [-0.2, -0.15) is 0 Å². The summed E-state index contributed by atoms with van der Waals surface area (Å²) in [4.78, 5) is 25.4. The first-order valence-electron chi connectivity index (χ1n) is 7.95. The molecule has 1 aromatic rings. The van der Waals surface area contributed by atoms with Crippen LogP contribution in [-0.2, 0) is 9.59 Å². The lowest BCUT2D eigenvalue weighted by Gasteiger charge is -2.29. The number of carbonyl (C=O) groups is 2. The highest BCUT2D eigenvalue weighted by atomic mass is 16.5. The van der Waals surface area contributed by atoms with E-state index in [1.807, 2.05) is 31.2 Å². The Kier molecular flexibility index (Phi) is 5.98. The van der Waals surface area contributed by atoms with E-state index in [9.17, 15) is 9.59 Å².